The molecule has 1 fully saturated rings. The largest absolute Gasteiger partial charge is 0.476 e. The number of aryl methyl sites for hydroxylation is 1. The second-order valence-electron chi connectivity index (χ2n) is 6.33. The molecule has 0 aromatic carbocycles. The van der Waals surface area contributed by atoms with Crippen molar-refractivity contribution in [1.29, 1.82) is 0 Å². The highest BCUT2D eigenvalue weighted by atomic mass is 32.1. The van der Waals surface area contributed by atoms with Gasteiger partial charge in [0.15, 0.2) is 0 Å². The molecule has 0 amide bonds. The Bertz CT molecular complexity index is 741. The van der Waals surface area contributed by atoms with Crippen molar-refractivity contribution in [3.63, 3.8) is 0 Å². The van der Waals surface area contributed by atoms with E-state index in [1.54, 1.807) is 0 Å². The lowest BCUT2D eigenvalue weighted by atomic mass is 10.2. The summed E-state index contributed by atoms with van der Waals surface area (Å²) < 4.78 is 11.3. The molecule has 2 aromatic heterocycles. The van der Waals surface area contributed by atoms with E-state index in [2.05, 4.69) is 45.3 Å². The quantitative estimate of drug-likeness (QED) is 0.529. The van der Waals surface area contributed by atoms with Gasteiger partial charge in [-0.05, 0) is 31.7 Å². The van der Waals surface area contributed by atoms with Crippen molar-refractivity contribution in [2.45, 2.75) is 19.9 Å². The SMILES string of the molecule is CCc1ccc(CN=Cc2cc(N3CCOCC3)cc(OCCNC)n2)s1. The van der Waals surface area contributed by atoms with Gasteiger partial charge in [0.05, 0.1) is 25.5 Å². The first-order valence-electron chi connectivity index (χ1n) is 9.48. The molecular formula is C20H28N4O2S. The van der Waals surface area contributed by atoms with E-state index in [0.717, 1.165) is 50.7 Å². The Morgan fingerprint density at radius 3 is 2.85 bits per heavy atom. The molecule has 6 nitrogen and oxygen atoms in total. The van der Waals surface area contributed by atoms with Gasteiger partial charge in [-0.25, -0.2) is 4.98 Å². The summed E-state index contributed by atoms with van der Waals surface area (Å²) in [7, 11) is 1.91. The Labute approximate surface area is 165 Å². The van der Waals surface area contributed by atoms with Crippen LogP contribution in [-0.4, -0.2) is 57.7 Å². The summed E-state index contributed by atoms with van der Waals surface area (Å²) in [6, 6.07) is 8.42. The Morgan fingerprint density at radius 1 is 1.30 bits per heavy atom. The molecule has 0 atom stereocenters. The number of morpholine rings is 1. The van der Waals surface area contributed by atoms with Crippen LogP contribution in [0.5, 0.6) is 5.88 Å². The van der Waals surface area contributed by atoms with Crippen molar-refractivity contribution in [1.82, 2.24) is 10.3 Å². The molecule has 27 heavy (non-hydrogen) atoms. The van der Waals surface area contributed by atoms with Crippen LogP contribution in [0.15, 0.2) is 29.3 Å². The van der Waals surface area contributed by atoms with Crippen molar-refractivity contribution in [3.05, 3.63) is 39.7 Å². The lowest BCUT2D eigenvalue weighted by Gasteiger charge is -2.29. The van der Waals surface area contributed by atoms with E-state index in [1.807, 2.05) is 30.7 Å². The smallest absolute Gasteiger partial charge is 0.215 e. The number of anilines is 1. The number of aromatic nitrogens is 1. The predicted molar refractivity (Wildman–Crippen MR) is 112 cm³/mol. The Balaban J connectivity index is 1.72. The van der Waals surface area contributed by atoms with E-state index in [-0.39, 0.29) is 0 Å². The lowest BCUT2D eigenvalue weighted by molar-refractivity contribution is 0.122. The third-order valence-corrected chi connectivity index (χ3v) is 5.54. The zero-order chi connectivity index (χ0) is 18.9. The van der Waals surface area contributed by atoms with Crippen LogP contribution in [0.3, 0.4) is 0 Å². The summed E-state index contributed by atoms with van der Waals surface area (Å²) in [5.74, 6) is 0.639. The van der Waals surface area contributed by atoms with Crippen molar-refractivity contribution in [3.8, 4) is 5.88 Å². The summed E-state index contributed by atoms with van der Waals surface area (Å²) in [5.41, 5.74) is 1.93. The summed E-state index contributed by atoms with van der Waals surface area (Å²) in [4.78, 5) is 14.2. The lowest BCUT2D eigenvalue weighted by Crippen LogP contribution is -2.36. The number of aliphatic imine (C=N–C) groups is 1. The van der Waals surface area contributed by atoms with Gasteiger partial charge in [-0.3, -0.25) is 4.99 Å². The molecule has 3 heterocycles. The molecule has 146 valence electrons. The minimum absolute atomic E-state index is 0.585. The van der Waals surface area contributed by atoms with Gasteiger partial charge in [0.1, 0.15) is 6.61 Å². The van der Waals surface area contributed by atoms with Crippen LogP contribution >= 0.6 is 11.3 Å². The standard InChI is InChI=1S/C20H28N4O2S/c1-3-18-4-5-19(27-18)15-22-14-16-12-17(24-7-10-25-11-8-24)13-20(23-16)26-9-6-21-2/h4-5,12-14,21H,3,6-11,15H2,1-2H3. The van der Waals surface area contributed by atoms with Crippen LogP contribution in [-0.2, 0) is 17.7 Å². The fourth-order valence-electron chi connectivity index (χ4n) is 2.84. The molecule has 1 N–H and O–H groups in total. The number of thiophene rings is 1. The maximum atomic E-state index is 5.81. The minimum Gasteiger partial charge on any atom is -0.476 e. The maximum absolute atomic E-state index is 5.81. The maximum Gasteiger partial charge on any atom is 0.215 e. The van der Waals surface area contributed by atoms with Gasteiger partial charge in [-0.15, -0.1) is 11.3 Å². The van der Waals surface area contributed by atoms with E-state index < -0.39 is 0 Å². The molecule has 0 radical (unpaired) electrons. The highest BCUT2D eigenvalue weighted by Crippen LogP contribution is 2.22. The number of ether oxygens (including phenoxy) is 2. The van der Waals surface area contributed by atoms with Gasteiger partial charge in [0.25, 0.3) is 0 Å². The molecule has 1 saturated heterocycles. The average molecular weight is 389 g/mol. The first-order valence-corrected chi connectivity index (χ1v) is 10.3. The minimum atomic E-state index is 0.585. The molecule has 0 spiro atoms. The van der Waals surface area contributed by atoms with E-state index in [1.165, 1.54) is 9.75 Å². The summed E-state index contributed by atoms with van der Waals surface area (Å²) in [6.07, 6.45) is 2.92. The van der Waals surface area contributed by atoms with Crippen LogP contribution in [0, 0.1) is 0 Å². The van der Waals surface area contributed by atoms with Gasteiger partial charge in [0.2, 0.25) is 5.88 Å². The van der Waals surface area contributed by atoms with Crippen molar-refractivity contribution in [2.24, 2.45) is 4.99 Å². The Kier molecular flexibility index (Phi) is 7.62. The second kappa shape index (κ2) is 10.4. The fourth-order valence-corrected chi connectivity index (χ4v) is 3.73. The van der Waals surface area contributed by atoms with Gasteiger partial charge < -0.3 is 19.7 Å². The predicted octanol–water partition coefficient (Wildman–Crippen LogP) is 2.76. The molecule has 0 unspecified atom stereocenters. The molecule has 0 saturated carbocycles. The molecular weight excluding hydrogens is 360 g/mol. The number of hydrogen-bond acceptors (Lipinski definition) is 7. The van der Waals surface area contributed by atoms with Crippen LogP contribution in [0.2, 0.25) is 0 Å². The summed E-state index contributed by atoms with van der Waals surface area (Å²) in [6.45, 7) is 7.49. The zero-order valence-corrected chi connectivity index (χ0v) is 16.9. The Morgan fingerprint density at radius 2 is 2.11 bits per heavy atom. The van der Waals surface area contributed by atoms with Gasteiger partial charge in [-0.1, -0.05) is 6.92 Å². The van der Waals surface area contributed by atoms with Gasteiger partial charge >= 0.3 is 0 Å². The normalized spacial score (nSPS) is 14.8. The highest BCUT2D eigenvalue weighted by Gasteiger charge is 2.13. The average Bonchev–Trinajstić information content (AvgIpc) is 3.17. The molecule has 0 bridgehead atoms. The third-order valence-electron chi connectivity index (χ3n) is 4.32. The number of likely N-dealkylation sites (N-methyl/N-ethyl adjacent to an activating group) is 1. The van der Waals surface area contributed by atoms with Crippen LogP contribution < -0.4 is 15.0 Å². The molecule has 0 aliphatic carbocycles. The number of pyridine rings is 1. The van der Waals surface area contributed by atoms with E-state index >= 15 is 0 Å². The highest BCUT2D eigenvalue weighted by molar-refractivity contribution is 7.11. The van der Waals surface area contributed by atoms with E-state index in [4.69, 9.17) is 9.47 Å². The van der Waals surface area contributed by atoms with E-state index in [0.29, 0.717) is 19.0 Å². The number of nitrogens with one attached hydrogen (secondary N) is 1. The molecule has 2 aromatic rings. The monoisotopic (exact) mass is 388 g/mol. The number of hydrogen-bond donors (Lipinski definition) is 1. The number of rotatable bonds is 9. The Hall–Kier alpha value is -1.96. The molecule has 1 aliphatic heterocycles. The van der Waals surface area contributed by atoms with Gasteiger partial charge in [0, 0.05) is 47.4 Å². The van der Waals surface area contributed by atoms with Crippen LogP contribution in [0.1, 0.15) is 22.4 Å². The summed E-state index contributed by atoms with van der Waals surface area (Å²) in [5, 5.41) is 3.08. The first-order chi connectivity index (χ1) is 13.3. The van der Waals surface area contributed by atoms with Crippen molar-refractivity contribution < 1.29 is 9.47 Å². The summed E-state index contributed by atoms with van der Waals surface area (Å²) >= 11 is 1.82. The van der Waals surface area contributed by atoms with Gasteiger partial charge in [-0.2, -0.15) is 0 Å². The van der Waals surface area contributed by atoms with Crippen molar-refractivity contribution >= 4 is 23.2 Å². The first kappa shape index (κ1) is 19.8. The number of nitrogens with zero attached hydrogens (tertiary/aromatic N) is 3. The zero-order valence-electron chi connectivity index (χ0n) is 16.1. The molecule has 7 heteroatoms. The molecule has 3 rings (SSSR count). The topological polar surface area (TPSA) is 59.0 Å². The van der Waals surface area contributed by atoms with E-state index in [9.17, 15) is 0 Å². The van der Waals surface area contributed by atoms with Crippen molar-refractivity contribution in [2.75, 3.05) is 51.4 Å². The fraction of sp³-hybridized carbons (Fsp3) is 0.500. The van der Waals surface area contributed by atoms with Crippen LogP contribution in [0.25, 0.3) is 0 Å². The third kappa shape index (κ3) is 6.02. The van der Waals surface area contributed by atoms with Crippen LogP contribution in [0.4, 0.5) is 5.69 Å². The molecule has 1 aliphatic rings. The second-order valence-corrected chi connectivity index (χ2v) is 7.58.